The van der Waals surface area contributed by atoms with Crippen LogP contribution in [0.4, 0.5) is 4.39 Å². The molecule has 2 aromatic rings. The lowest BCUT2D eigenvalue weighted by Crippen LogP contribution is -2.07. The summed E-state index contributed by atoms with van der Waals surface area (Å²) in [6, 6.07) is 5.63. The monoisotopic (exact) mass is 291 g/mol. The SMILES string of the molecule is COc1cc(OC(C)c2ccncc2)c(F)cc1C(=O)O. The minimum Gasteiger partial charge on any atom is -0.496 e. The molecule has 110 valence electrons. The van der Waals surface area contributed by atoms with Crippen LogP contribution in [0.5, 0.6) is 11.5 Å². The summed E-state index contributed by atoms with van der Waals surface area (Å²) >= 11 is 0. The van der Waals surface area contributed by atoms with E-state index in [0.717, 1.165) is 11.6 Å². The van der Waals surface area contributed by atoms with E-state index in [-0.39, 0.29) is 17.1 Å². The Morgan fingerprint density at radius 2 is 1.95 bits per heavy atom. The third-order valence-corrected chi connectivity index (χ3v) is 2.96. The second-order valence-electron chi connectivity index (χ2n) is 4.33. The van der Waals surface area contributed by atoms with Crippen molar-refractivity contribution in [3.63, 3.8) is 0 Å². The molecule has 0 bridgehead atoms. The van der Waals surface area contributed by atoms with Crippen molar-refractivity contribution in [1.82, 2.24) is 4.98 Å². The number of aromatic nitrogens is 1. The molecule has 0 radical (unpaired) electrons. The Labute approximate surface area is 121 Å². The van der Waals surface area contributed by atoms with Gasteiger partial charge >= 0.3 is 5.97 Å². The van der Waals surface area contributed by atoms with E-state index in [0.29, 0.717) is 0 Å². The third kappa shape index (κ3) is 3.28. The molecular weight excluding hydrogens is 277 g/mol. The highest BCUT2D eigenvalue weighted by molar-refractivity contribution is 5.91. The summed E-state index contributed by atoms with van der Waals surface area (Å²) in [7, 11) is 1.32. The molecule has 1 heterocycles. The van der Waals surface area contributed by atoms with E-state index in [4.69, 9.17) is 14.6 Å². The van der Waals surface area contributed by atoms with Crippen LogP contribution in [0.25, 0.3) is 0 Å². The summed E-state index contributed by atoms with van der Waals surface area (Å²) in [4.78, 5) is 14.9. The first-order valence-electron chi connectivity index (χ1n) is 6.20. The maximum absolute atomic E-state index is 13.9. The maximum atomic E-state index is 13.9. The quantitative estimate of drug-likeness (QED) is 0.916. The first-order valence-corrected chi connectivity index (χ1v) is 6.20. The number of hydrogen-bond acceptors (Lipinski definition) is 4. The van der Waals surface area contributed by atoms with Crippen LogP contribution in [0, 0.1) is 5.82 Å². The summed E-state index contributed by atoms with van der Waals surface area (Å²) in [5, 5.41) is 8.98. The predicted octanol–water partition coefficient (Wildman–Crippen LogP) is 3.07. The fourth-order valence-electron chi connectivity index (χ4n) is 1.85. The number of aromatic carboxylic acids is 1. The van der Waals surface area contributed by atoms with Gasteiger partial charge in [-0.1, -0.05) is 0 Å². The largest absolute Gasteiger partial charge is 0.496 e. The molecule has 0 saturated heterocycles. The molecule has 0 fully saturated rings. The highest BCUT2D eigenvalue weighted by Gasteiger charge is 2.18. The van der Waals surface area contributed by atoms with Gasteiger partial charge in [0.1, 0.15) is 17.4 Å². The van der Waals surface area contributed by atoms with Gasteiger partial charge in [0.05, 0.1) is 7.11 Å². The van der Waals surface area contributed by atoms with Crippen LogP contribution in [0.1, 0.15) is 28.9 Å². The Hall–Kier alpha value is -2.63. The summed E-state index contributed by atoms with van der Waals surface area (Å²) in [6.45, 7) is 1.76. The van der Waals surface area contributed by atoms with Gasteiger partial charge in [0.15, 0.2) is 11.6 Å². The van der Waals surface area contributed by atoms with Gasteiger partial charge in [-0.15, -0.1) is 0 Å². The Morgan fingerprint density at radius 3 is 2.52 bits per heavy atom. The van der Waals surface area contributed by atoms with Crippen LogP contribution in [-0.4, -0.2) is 23.2 Å². The molecule has 21 heavy (non-hydrogen) atoms. The van der Waals surface area contributed by atoms with Gasteiger partial charge in [0.25, 0.3) is 0 Å². The highest BCUT2D eigenvalue weighted by Crippen LogP contribution is 2.31. The summed E-state index contributed by atoms with van der Waals surface area (Å²) < 4.78 is 24.4. The average Bonchev–Trinajstić information content (AvgIpc) is 2.49. The molecule has 2 rings (SSSR count). The number of halogens is 1. The topological polar surface area (TPSA) is 68.7 Å². The number of benzene rings is 1. The van der Waals surface area contributed by atoms with Crippen molar-refractivity contribution < 1.29 is 23.8 Å². The second-order valence-corrected chi connectivity index (χ2v) is 4.33. The van der Waals surface area contributed by atoms with Gasteiger partial charge in [-0.25, -0.2) is 9.18 Å². The van der Waals surface area contributed by atoms with Gasteiger partial charge in [0, 0.05) is 18.5 Å². The maximum Gasteiger partial charge on any atom is 0.339 e. The lowest BCUT2D eigenvalue weighted by Gasteiger charge is -2.16. The van der Waals surface area contributed by atoms with Gasteiger partial charge in [-0.2, -0.15) is 0 Å². The van der Waals surface area contributed by atoms with E-state index in [2.05, 4.69) is 4.98 Å². The van der Waals surface area contributed by atoms with Gasteiger partial charge in [0.2, 0.25) is 0 Å². The molecule has 0 aliphatic rings. The first kappa shape index (κ1) is 14.8. The average molecular weight is 291 g/mol. The number of pyridine rings is 1. The van der Waals surface area contributed by atoms with Crippen LogP contribution in [0.15, 0.2) is 36.7 Å². The van der Waals surface area contributed by atoms with Gasteiger partial charge in [-0.05, 0) is 30.7 Å². The van der Waals surface area contributed by atoms with Crippen molar-refractivity contribution in [3.05, 3.63) is 53.6 Å². The molecule has 1 N–H and O–H groups in total. The molecule has 5 nitrogen and oxygen atoms in total. The molecule has 0 aliphatic heterocycles. The molecule has 1 aromatic carbocycles. The van der Waals surface area contributed by atoms with Gasteiger partial charge < -0.3 is 14.6 Å². The summed E-state index contributed by atoms with van der Waals surface area (Å²) in [5.74, 6) is -2.05. The Bertz CT molecular complexity index is 646. The van der Waals surface area contributed by atoms with Crippen molar-refractivity contribution >= 4 is 5.97 Å². The van der Waals surface area contributed by atoms with E-state index < -0.39 is 17.9 Å². The van der Waals surface area contributed by atoms with Crippen LogP contribution >= 0.6 is 0 Å². The number of ether oxygens (including phenoxy) is 2. The zero-order valence-corrected chi connectivity index (χ0v) is 11.5. The fraction of sp³-hybridized carbons (Fsp3) is 0.200. The molecule has 6 heteroatoms. The number of carboxylic acids is 1. The van der Waals surface area contributed by atoms with Crippen molar-refractivity contribution in [2.24, 2.45) is 0 Å². The van der Waals surface area contributed by atoms with Crippen molar-refractivity contribution in [1.29, 1.82) is 0 Å². The van der Waals surface area contributed by atoms with E-state index in [1.165, 1.54) is 13.2 Å². The molecule has 0 amide bonds. The first-order chi connectivity index (χ1) is 10.0. The molecule has 0 aliphatic carbocycles. The van der Waals surface area contributed by atoms with E-state index in [1.807, 2.05) is 0 Å². The lowest BCUT2D eigenvalue weighted by molar-refractivity contribution is 0.0692. The van der Waals surface area contributed by atoms with Crippen molar-refractivity contribution in [2.45, 2.75) is 13.0 Å². The van der Waals surface area contributed by atoms with Gasteiger partial charge in [-0.3, -0.25) is 4.98 Å². The van der Waals surface area contributed by atoms with E-state index in [1.54, 1.807) is 31.5 Å². The number of rotatable bonds is 5. The number of nitrogens with zero attached hydrogens (tertiary/aromatic N) is 1. The number of hydrogen-bond donors (Lipinski definition) is 1. The summed E-state index contributed by atoms with van der Waals surface area (Å²) in [5.41, 5.74) is 0.574. The van der Waals surface area contributed by atoms with Crippen LogP contribution in [0.3, 0.4) is 0 Å². The second kappa shape index (κ2) is 6.21. The summed E-state index contributed by atoms with van der Waals surface area (Å²) in [6.07, 6.45) is 2.81. The predicted molar refractivity (Wildman–Crippen MR) is 73.2 cm³/mol. The Morgan fingerprint density at radius 1 is 1.29 bits per heavy atom. The van der Waals surface area contributed by atoms with Crippen LogP contribution in [-0.2, 0) is 0 Å². The lowest BCUT2D eigenvalue weighted by atomic mass is 10.1. The normalized spacial score (nSPS) is 11.8. The molecule has 0 saturated carbocycles. The molecular formula is C15H14FNO4. The van der Waals surface area contributed by atoms with Crippen molar-refractivity contribution in [2.75, 3.05) is 7.11 Å². The fourth-order valence-corrected chi connectivity index (χ4v) is 1.85. The molecule has 0 spiro atoms. The Kier molecular flexibility index (Phi) is 4.37. The number of carboxylic acid groups (broad SMARTS) is 1. The molecule has 1 unspecified atom stereocenters. The minimum absolute atomic E-state index is 0.0424. The standard InChI is InChI=1S/C15H14FNO4/c1-9(10-3-5-17-6-4-10)21-14-8-13(20-2)11(15(18)19)7-12(14)16/h3-9H,1-2H3,(H,18,19). The molecule has 1 atom stereocenters. The number of carbonyl (C=O) groups is 1. The molecule has 1 aromatic heterocycles. The van der Waals surface area contributed by atoms with Crippen LogP contribution in [0.2, 0.25) is 0 Å². The van der Waals surface area contributed by atoms with E-state index >= 15 is 0 Å². The number of methoxy groups -OCH3 is 1. The smallest absolute Gasteiger partial charge is 0.339 e. The minimum atomic E-state index is -1.26. The zero-order chi connectivity index (χ0) is 15.4. The van der Waals surface area contributed by atoms with E-state index in [9.17, 15) is 9.18 Å². The third-order valence-electron chi connectivity index (χ3n) is 2.96. The Balaban J connectivity index is 2.30. The van der Waals surface area contributed by atoms with Crippen LogP contribution < -0.4 is 9.47 Å². The van der Waals surface area contributed by atoms with Crippen molar-refractivity contribution in [3.8, 4) is 11.5 Å². The highest BCUT2D eigenvalue weighted by atomic mass is 19.1. The zero-order valence-electron chi connectivity index (χ0n) is 11.5.